The van der Waals surface area contributed by atoms with Gasteiger partial charge in [-0.05, 0) is 85.3 Å². The molecule has 44 heavy (non-hydrogen) atoms. The van der Waals surface area contributed by atoms with Crippen molar-refractivity contribution in [1.82, 2.24) is 25.5 Å². The molecule has 0 radical (unpaired) electrons. The standard InChI is InChI=1S/C28H30F9N7/c1-16-9-21-23(6-4-8-43(15-20-5-3-7-38-20)24(21)13-22(16)28(35,36)37)44(25-39-41-42(2)40-25)14-17-10-18(26(29,30)31)12-19(11-17)27(32,33)34/h9-13,20,23,38H,3-8,14-15H2,1-2H3. The van der Waals surface area contributed by atoms with Crippen LogP contribution < -0.4 is 15.1 Å². The van der Waals surface area contributed by atoms with Gasteiger partial charge >= 0.3 is 18.5 Å². The number of nitrogens with one attached hydrogen (secondary N) is 1. The highest BCUT2D eigenvalue weighted by Crippen LogP contribution is 2.44. The van der Waals surface area contributed by atoms with E-state index in [1.165, 1.54) is 24.9 Å². The van der Waals surface area contributed by atoms with Gasteiger partial charge in [-0.25, -0.2) is 0 Å². The van der Waals surface area contributed by atoms with Gasteiger partial charge in [0, 0.05) is 31.4 Å². The third kappa shape index (κ3) is 6.89. The van der Waals surface area contributed by atoms with Crippen LogP contribution in [-0.4, -0.2) is 45.9 Å². The monoisotopic (exact) mass is 635 g/mol. The molecule has 2 unspecified atom stereocenters. The molecule has 7 nitrogen and oxygen atoms in total. The fraction of sp³-hybridized carbons (Fsp3) is 0.536. The van der Waals surface area contributed by atoms with E-state index in [2.05, 4.69) is 20.7 Å². The van der Waals surface area contributed by atoms with Crippen LogP contribution in [0.5, 0.6) is 0 Å². The molecule has 2 aliphatic rings. The molecule has 3 aromatic rings. The maximum absolute atomic E-state index is 14.1. The second-order valence-electron chi connectivity index (χ2n) is 11.2. The summed E-state index contributed by atoms with van der Waals surface area (Å²) in [7, 11) is 1.44. The van der Waals surface area contributed by atoms with Crippen molar-refractivity contribution in [2.45, 2.75) is 69.8 Å². The molecule has 2 atom stereocenters. The number of hydrogen-bond acceptors (Lipinski definition) is 6. The van der Waals surface area contributed by atoms with Gasteiger partial charge in [0.25, 0.3) is 5.95 Å². The number of aromatic nitrogens is 4. The lowest BCUT2D eigenvalue weighted by molar-refractivity contribution is -0.143. The maximum Gasteiger partial charge on any atom is 0.416 e. The Hall–Kier alpha value is -3.56. The zero-order valence-electron chi connectivity index (χ0n) is 23.8. The Morgan fingerprint density at radius 3 is 2.11 bits per heavy atom. The first-order valence-electron chi connectivity index (χ1n) is 14.0. The van der Waals surface area contributed by atoms with E-state index in [9.17, 15) is 39.5 Å². The molecule has 0 amide bonds. The summed E-state index contributed by atoms with van der Waals surface area (Å²) >= 11 is 0. The number of tetrazole rings is 1. The Kier molecular flexibility index (Phi) is 8.50. The smallest absolute Gasteiger partial charge is 0.370 e. The van der Waals surface area contributed by atoms with Crippen molar-refractivity contribution in [3.05, 3.63) is 63.7 Å². The average molecular weight is 636 g/mol. The third-order valence-corrected chi connectivity index (χ3v) is 8.02. The van der Waals surface area contributed by atoms with E-state index in [4.69, 9.17) is 0 Å². The van der Waals surface area contributed by atoms with Gasteiger partial charge < -0.3 is 15.1 Å². The summed E-state index contributed by atoms with van der Waals surface area (Å²) in [6.45, 7) is 2.45. The normalized spacial score (nSPS) is 19.7. The summed E-state index contributed by atoms with van der Waals surface area (Å²) in [4.78, 5) is 4.39. The highest BCUT2D eigenvalue weighted by atomic mass is 19.4. The molecule has 1 N–H and O–H groups in total. The maximum atomic E-state index is 14.1. The number of anilines is 2. The predicted molar refractivity (Wildman–Crippen MR) is 143 cm³/mol. The number of benzene rings is 2. The lowest BCUT2D eigenvalue weighted by atomic mass is 9.94. The van der Waals surface area contributed by atoms with E-state index in [0.717, 1.165) is 30.2 Å². The molecule has 3 heterocycles. The number of nitrogens with zero attached hydrogens (tertiary/aromatic N) is 6. The van der Waals surface area contributed by atoms with Crippen molar-refractivity contribution < 1.29 is 39.5 Å². The summed E-state index contributed by atoms with van der Waals surface area (Å²) in [5.41, 5.74) is -3.41. The van der Waals surface area contributed by atoms with Gasteiger partial charge in [-0.3, -0.25) is 0 Å². The van der Waals surface area contributed by atoms with Gasteiger partial charge in [0.1, 0.15) is 0 Å². The largest absolute Gasteiger partial charge is 0.416 e. The molecule has 0 saturated carbocycles. The summed E-state index contributed by atoms with van der Waals surface area (Å²) < 4.78 is 124. The van der Waals surface area contributed by atoms with Crippen LogP contribution in [0.3, 0.4) is 0 Å². The molecule has 1 fully saturated rings. The van der Waals surface area contributed by atoms with Gasteiger partial charge in [-0.2, -0.15) is 44.3 Å². The number of alkyl halides is 9. The summed E-state index contributed by atoms with van der Waals surface area (Å²) in [5.74, 6) is -0.0853. The fourth-order valence-electron chi connectivity index (χ4n) is 6.03. The van der Waals surface area contributed by atoms with Gasteiger partial charge in [-0.1, -0.05) is 11.2 Å². The van der Waals surface area contributed by atoms with Gasteiger partial charge in [0.05, 0.1) is 29.8 Å². The minimum atomic E-state index is -5.06. The van der Waals surface area contributed by atoms with E-state index in [-0.39, 0.29) is 29.2 Å². The molecular weight excluding hydrogens is 605 g/mol. The van der Waals surface area contributed by atoms with Crippen LogP contribution in [0.1, 0.15) is 65.1 Å². The fourth-order valence-corrected chi connectivity index (χ4v) is 6.03. The Bertz CT molecular complexity index is 1440. The minimum Gasteiger partial charge on any atom is -0.370 e. The first-order chi connectivity index (χ1) is 20.5. The molecule has 0 bridgehead atoms. The topological polar surface area (TPSA) is 62.1 Å². The molecule has 0 aliphatic carbocycles. The van der Waals surface area contributed by atoms with Crippen molar-refractivity contribution >= 4 is 11.6 Å². The Morgan fingerprint density at radius 1 is 0.886 bits per heavy atom. The Labute approximate surface area is 247 Å². The number of hydrogen-bond donors (Lipinski definition) is 1. The van der Waals surface area contributed by atoms with Crippen LogP contribution >= 0.6 is 0 Å². The third-order valence-electron chi connectivity index (χ3n) is 8.02. The summed E-state index contributed by atoms with van der Waals surface area (Å²) in [6.07, 6.45) is -12.2. The molecular formula is C28H30F9N7. The Balaban J connectivity index is 1.64. The number of halogens is 9. The van der Waals surface area contributed by atoms with Crippen LogP contribution in [0, 0.1) is 6.92 Å². The highest BCUT2D eigenvalue weighted by Gasteiger charge is 2.39. The van der Waals surface area contributed by atoms with Crippen molar-refractivity contribution in [2.24, 2.45) is 7.05 Å². The quantitative estimate of drug-likeness (QED) is 0.305. The molecule has 0 spiro atoms. The predicted octanol–water partition coefficient (Wildman–Crippen LogP) is 6.68. The van der Waals surface area contributed by atoms with Crippen molar-refractivity contribution in [2.75, 3.05) is 29.4 Å². The van der Waals surface area contributed by atoms with Crippen LogP contribution in [0.4, 0.5) is 51.1 Å². The summed E-state index contributed by atoms with van der Waals surface area (Å²) in [6, 6.07) is 3.07. The SMILES string of the molecule is Cc1cc2c(cc1C(F)(F)F)N(CC1CCCN1)CCCC2N(Cc1cc(C(F)(F)F)cc(C(F)(F)F)c1)c1nnn(C)n1. The number of rotatable bonds is 6. The van der Waals surface area contributed by atoms with E-state index in [1.54, 1.807) is 0 Å². The number of fused-ring (bicyclic) bond motifs is 1. The molecule has 1 aromatic heterocycles. The van der Waals surface area contributed by atoms with E-state index < -0.39 is 47.8 Å². The Morgan fingerprint density at radius 2 is 1.57 bits per heavy atom. The molecule has 5 rings (SSSR count). The van der Waals surface area contributed by atoms with E-state index in [0.29, 0.717) is 49.3 Å². The van der Waals surface area contributed by atoms with E-state index in [1.807, 2.05) is 4.90 Å². The average Bonchev–Trinajstić information content (AvgIpc) is 3.55. The lowest BCUT2D eigenvalue weighted by Crippen LogP contribution is -2.38. The van der Waals surface area contributed by atoms with Gasteiger partial charge in [0.15, 0.2) is 0 Å². The summed E-state index contributed by atoms with van der Waals surface area (Å²) in [5, 5.41) is 15.3. The van der Waals surface area contributed by atoms with Crippen molar-refractivity contribution in [1.29, 1.82) is 0 Å². The van der Waals surface area contributed by atoms with E-state index >= 15 is 0 Å². The number of aryl methyl sites for hydroxylation is 2. The van der Waals surface area contributed by atoms with Crippen LogP contribution in [0.25, 0.3) is 0 Å². The van der Waals surface area contributed by atoms with Crippen LogP contribution in [-0.2, 0) is 32.1 Å². The van der Waals surface area contributed by atoms with Crippen molar-refractivity contribution in [3.63, 3.8) is 0 Å². The zero-order valence-corrected chi connectivity index (χ0v) is 23.8. The zero-order chi connectivity index (χ0) is 32.0. The lowest BCUT2D eigenvalue weighted by Gasteiger charge is -2.34. The molecule has 2 aromatic carbocycles. The van der Waals surface area contributed by atoms with Crippen molar-refractivity contribution in [3.8, 4) is 0 Å². The van der Waals surface area contributed by atoms with Gasteiger partial charge in [0.2, 0.25) is 0 Å². The molecule has 240 valence electrons. The highest BCUT2D eigenvalue weighted by molar-refractivity contribution is 5.62. The second-order valence-corrected chi connectivity index (χ2v) is 11.2. The minimum absolute atomic E-state index is 0.0479. The first-order valence-corrected chi connectivity index (χ1v) is 14.0. The molecule has 16 heteroatoms. The molecule has 1 saturated heterocycles. The second kappa shape index (κ2) is 11.7. The van der Waals surface area contributed by atoms with Gasteiger partial charge in [-0.15, -0.1) is 5.10 Å². The van der Waals surface area contributed by atoms with Crippen LogP contribution in [0.15, 0.2) is 30.3 Å². The van der Waals surface area contributed by atoms with Crippen LogP contribution in [0.2, 0.25) is 0 Å². The molecule has 2 aliphatic heterocycles. The first kappa shape index (κ1) is 31.9.